The summed E-state index contributed by atoms with van der Waals surface area (Å²) in [6, 6.07) is 13.7. The summed E-state index contributed by atoms with van der Waals surface area (Å²) in [7, 11) is 0. The van der Waals surface area contributed by atoms with Gasteiger partial charge in [-0.05, 0) is 43.5 Å². The average Bonchev–Trinajstić information content (AvgIpc) is 2.59. The molecule has 0 aliphatic carbocycles. The van der Waals surface area contributed by atoms with Gasteiger partial charge in [0.25, 0.3) is 0 Å². The van der Waals surface area contributed by atoms with Gasteiger partial charge in [0, 0.05) is 22.7 Å². The second-order valence-electron chi connectivity index (χ2n) is 7.40. The lowest BCUT2D eigenvalue weighted by molar-refractivity contribution is 0.206. The van der Waals surface area contributed by atoms with Crippen LogP contribution >= 0.6 is 11.6 Å². The van der Waals surface area contributed by atoms with Gasteiger partial charge in [0.05, 0.1) is 11.2 Å². The van der Waals surface area contributed by atoms with Crippen LogP contribution in [0.2, 0.25) is 5.15 Å². The molecule has 4 nitrogen and oxygen atoms in total. The number of aromatic nitrogens is 2. The second-order valence-corrected chi connectivity index (χ2v) is 7.76. The quantitative estimate of drug-likeness (QED) is 0.614. The normalized spacial score (nSPS) is 13.8. The predicted molar refractivity (Wildman–Crippen MR) is 108 cm³/mol. The number of nitrogens with two attached hydrogens (primary N) is 1. The zero-order valence-corrected chi connectivity index (χ0v) is 16.1. The van der Waals surface area contributed by atoms with Gasteiger partial charge in [-0.1, -0.05) is 43.6 Å². The lowest BCUT2D eigenvalue weighted by Gasteiger charge is -2.26. The molecule has 0 saturated heterocycles. The van der Waals surface area contributed by atoms with Crippen molar-refractivity contribution in [2.45, 2.75) is 32.7 Å². The van der Waals surface area contributed by atoms with Crippen molar-refractivity contribution in [1.82, 2.24) is 9.97 Å². The molecule has 3 rings (SSSR count). The van der Waals surface area contributed by atoms with Crippen molar-refractivity contribution in [3.05, 3.63) is 53.8 Å². The minimum Gasteiger partial charge on any atom is -0.488 e. The number of halogens is 1. The summed E-state index contributed by atoms with van der Waals surface area (Å²) in [6.07, 6.45) is 2.66. The molecule has 2 N–H and O–H groups in total. The Labute approximate surface area is 159 Å². The third-order valence-electron chi connectivity index (χ3n) is 4.17. The average molecular weight is 370 g/mol. The summed E-state index contributed by atoms with van der Waals surface area (Å²) in [4.78, 5) is 8.91. The minimum absolute atomic E-state index is 0.337. The van der Waals surface area contributed by atoms with Crippen LogP contribution in [-0.4, -0.2) is 22.1 Å². The number of rotatable bonds is 6. The molecule has 0 amide bonds. The zero-order valence-electron chi connectivity index (χ0n) is 15.4. The van der Waals surface area contributed by atoms with Crippen molar-refractivity contribution >= 4 is 22.5 Å². The molecule has 1 atom stereocenters. The standard InChI is InChI=1S/C21H24ClN3O/c1-14(2)12-21(3,23)13-26-19-9-8-18(25-20(19)22)16-10-11-24-17-7-5-4-6-15(16)17/h4-11,14H,12-13,23H2,1-3H3. The fraction of sp³-hybridized carbons (Fsp3) is 0.333. The first-order valence-corrected chi connectivity index (χ1v) is 9.16. The first-order valence-electron chi connectivity index (χ1n) is 8.78. The third kappa shape index (κ3) is 4.32. The molecule has 0 radical (unpaired) electrons. The van der Waals surface area contributed by atoms with E-state index in [9.17, 15) is 0 Å². The molecule has 1 aromatic carbocycles. The Morgan fingerprint density at radius 1 is 1.15 bits per heavy atom. The largest absolute Gasteiger partial charge is 0.488 e. The van der Waals surface area contributed by atoms with Crippen LogP contribution in [0.3, 0.4) is 0 Å². The van der Waals surface area contributed by atoms with Gasteiger partial charge >= 0.3 is 0 Å². The fourth-order valence-electron chi connectivity index (χ4n) is 3.23. The lowest BCUT2D eigenvalue weighted by atomic mass is 9.93. The van der Waals surface area contributed by atoms with Crippen LogP contribution in [0.15, 0.2) is 48.7 Å². The highest BCUT2D eigenvalue weighted by atomic mass is 35.5. The Kier molecular flexibility index (Phi) is 5.44. The SMILES string of the molecule is CC(C)CC(C)(N)COc1ccc(-c2ccnc3ccccc23)nc1Cl. The van der Waals surface area contributed by atoms with Crippen molar-refractivity contribution in [1.29, 1.82) is 0 Å². The molecule has 0 saturated carbocycles. The summed E-state index contributed by atoms with van der Waals surface area (Å²) >= 11 is 6.37. The molecule has 0 spiro atoms. The maximum Gasteiger partial charge on any atom is 0.171 e. The fourth-order valence-corrected chi connectivity index (χ4v) is 3.44. The number of benzene rings is 1. The van der Waals surface area contributed by atoms with Crippen molar-refractivity contribution in [2.75, 3.05) is 6.61 Å². The molecule has 2 aromatic heterocycles. The van der Waals surface area contributed by atoms with Gasteiger partial charge in [-0.2, -0.15) is 0 Å². The van der Waals surface area contributed by atoms with E-state index in [1.807, 2.05) is 49.4 Å². The van der Waals surface area contributed by atoms with Crippen molar-refractivity contribution in [2.24, 2.45) is 11.7 Å². The van der Waals surface area contributed by atoms with E-state index >= 15 is 0 Å². The molecule has 1 unspecified atom stereocenters. The number of fused-ring (bicyclic) bond motifs is 1. The van der Waals surface area contributed by atoms with E-state index in [-0.39, 0.29) is 0 Å². The molecule has 26 heavy (non-hydrogen) atoms. The first kappa shape index (κ1) is 18.6. The summed E-state index contributed by atoms with van der Waals surface area (Å²) < 4.78 is 5.85. The lowest BCUT2D eigenvalue weighted by Crippen LogP contribution is -2.43. The Morgan fingerprint density at radius 2 is 1.92 bits per heavy atom. The molecule has 5 heteroatoms. The van der Waals surface area contributed by atoms with E-state index in [1.165, 1.54) is 0 Å². The van der Waals surface area contributed by atoms with Gasteiger partial charge in [0.1, 0.15) is 6.61 Å². The highest BCUT2D eigenvalue weighted by Gasteiger charge is 2.22. The van der Waals surface area contributed by atoms with Crippen molar-refractivity contribution < 1.29 is 4.74 Å². The van der Waals surface area contributed by atoms with Gasteiger partial charge in [0.2, 0.25) is 0 Å². The molecule has 0 aliphatic heterocycles. The zero-order chi connectivity index (χ0) is 18.7. The summed E-state index contributed by atoms with van der Waals surface area (Å²) in [5.74, 6) is 1.05. The van der Waals surface area contributed by atoms with Crippen LogP contribution in [0.1, 0.15) is 27.2 Å². The molecule has 3 aromatic rings. The van der Waals surface area contributed by atoms with Crippen molar-refractivity contribution in [3.8, 4) is 17.0 Å². The van der Waals surface area contributed by atoms with Crippen LogP contribution in [0.4, 0.5) is 0 Å². The van der Waals surface area contributed by atoms with Crippen LogP contribution in [0, 0.1) is 5.92 Å². The van der Waals surface area contributed by atoms with E-state index in [0.717, 1.165) is 28.6 Å². The van der Waals surface area contributed by atoms with Crippen LogP contribution in [0.25, 0.3) is 22.2 Å². The van der Waals surface area contributed by atoms with Crippen LogP contribution in [0.5, 0.6) is 5.75 Å². The number of pyridine rings is 2. The second kappa shape index (κ2) is 7.60. The molecule has 0 aliphatic rings. The third-order valence-corrected chi connectivity index (χ3v) is 4.44. The minimum atomic E-state index is -0.405. The van der Waals surface area contributed by atoms with E-state index < -0.39 is 5.54 Å². The van der Waals surface area contributed by atoms with E-state index in [0.29, 0.717) is 23.4 Å². The summed E-state index contributed by atoms with van der Waals surface area (Å²) in [5.41, 5.74) is 8.61. The molecular formula is C21H24ClN3O. The van der Waals surface area contributed by atoms with Crippen LogP contribution in [-0.2, 0) is 0 Å². The summed E-state index contributed by atoms with van der Waals surface area (Å²) in [6.45, 7) is 6.68. The molecule has 0 bridgehead atoms. The first-order chi connectivity index (χ1) is 12.4. The maximum atomic E-state index is 6.37. The molecular weight excluding hydrogens is 346 g/mol. The smallest absolute Gasteiger partial charge is 0.171 e. The summed E-state index contributed by atoms with van der Waals surface area (Å²) in [5, 5.41) is 1.38. The highest BCUT2D eigenvalue weighted by Crippen LogP contribution is 2.31. The van der Waals surface area contributed by atoms with Gasteiger partial charge in [-0.15, -0.1) is 0 Å². The molecule has 0 fully saturated rings. The van der Waals surface area contributed by atoms with Gasteiger partial charge < -0.3 is 10.5 Å². The number of ether oxygens (including phenoxy) is 1. The highest BCUT2D eigenvalue weighted by molar-refractivity contribution is 6.31. The van der Waals surface area contributed by atoms with Gasteiger partial charge in [-0.3, -0.25) is 4.98 Å². The number of hydrogen-bond acceptors (Lipinski definition) is 4. The molecule has 136 valence electrons. The maximum absolute atomic E-state index is 6.37. The van der Waals surface area contributed by atoms with E-state index in [4.69, 9.17) is 22.1 Å². The van der Waals surface area contributed by atoms with E-state index in [1.54, 1.807) is 6.20 Å². The van der Waals surface area contributed by atoms with Crippen LogP contribution < -0.4 is 10.5 Å². The Morgan fingerprint density at radius 3 is 2.65 bits per heavy atom. The number of para-hydroxylation sites is 1. The Balaban J connectivity index is 1.84. The Bertz CT molecular complexity index is 903. The number of nitrogens with zero attached hydrogens (tertiary/aromatic N) is 2. The van der Waals surface area contributed by atoms with Crippen molar-refractivity contribution in [3.63, 3.8) is 0 Å². The van der Waals surface area contributed by atoms with Gasteiger partial charge in [-0.25, -0.2) is 4.98 Å². The number of hydrogen-bond donors (Lipinski definition) is 1. The Hall–Kier alpha value is -2.17. The molecule has 2 heterocycles. The van der Waals surface area contributed by atoms with E-state index in [2.05, 4.69) is 23.8 Å². The monoisotopic (exact) mass is 369 g/mol. The topological polar surface area (TPSA) is 61.0 Å². The predicted octanol–water partition coefficient (Wildman–Crippen LogP) is 5.09. The van der Waals surface area contributed by atoms with Gasteiger partial charge in [0.15, 0.2) is 10.9 Å².